The third-order valence-electron chi connectivity index (χ3n) is 5.42. The Hall–Kier alpha value is -2.95. The molecule has 0 atom stereocenters. The van der Waals surface area contributed by atoms with E-state index in [1.165, 1.54) is 4.31 Å². The van der Waals surface area contributed by atoms with Crippen LogP contribution in [0.15, 0.2) is 59.8 Å². The Morgan fingerprint density at radius 2 is 1.90 bits per heavy atom. The zero-order valence-corrected chi connectivity index (χ0v) is 18.2. The number of amides is 1. The highest BCUT2D eigenvalue weighted by molar-refractivity contribution is 7.93. The first-order valence-electron chi connectivity index (χ1n) is 9.95. The monoisotopic (exact) mass is 455 g/mol. The summed E-state index contributed by atoms with van der Waals surface area (Å²) in [6.45, 7) is 3.75. The van der Waals surface area contributed by atoms with Crippen LogP contribution in [0.5, 0.6) is 0 Å². The summed E-state index contributed by atoms with van der Waals surface area (Å²) in [5.41, 5.74) is 2.34. The van der Waals surface area contributed by atoms with Crippen molar-refractivity contribution >= 4 is 43.6 Å². The molecule has 8 nitrogen and oxygen atoms in total. The molecule has 160 valence electrons. The van der Waals surface area contributed by atoms with Gasteiger partial charge in [-0.1, -0.05) is 18.2 Å². The van der Waals surface area contributed by atoms with E-state index >= 15 is 0 Å². The van der Waals surface area contributed by atoms with Crippen molar-refractivity contribution in [2.75, 3.05) is 40.7 Å². The zero-order chi connectivity index (χ0) is 21.4. The van der Waals surface area contributed by atoms with Gasteiger partial charge >= 0.3 is 0 Å². The number of hydrogen-bond acceptors (Lipinski definition) is 7. The number of pyridine rings is 1. The second-order valence-electron chi connectivity index (χ2n) is 7.34. The molecule has 0 radical (unpaired) electrons. The first kappa shape index (κ1) is 20.0. The number of anilines is 3. The number of thiophene rings is 1. The lowest BCUT2D eigenvalue weighted by Gasteiger charge is -2.30. The summed E-state index contributed by atoms with van der Waals surface area (Å²) >= 11 is 1.16. The van der Waals surface area contributed by atoms with Gasteiger partial charge in [0.05, 0.1) is 33.9 Å². The number of benzene rings is 1. The molecule has 4 heterocycles. The van der Waals surface area contributed by atoms with Crippen LogP contribution in [0.3, 0.4) is 0 Å². The molecule has 0 saturated carbocycles. The summed E-state index contributed by atoms with van der Waals surface area (Å²) < 4.78 is 27.1. The highest BCUT2D eigenvalue weighted by Gasteiger charge is 2.35. The van der Waals surface area contributed by atoms with Crippen LogP contribution in [0.25, 0.3) is 0 Å². The standard InChI is InChI=1S/C21H21N5O3S2/c27-21(24-16-13-23-8-7-17(16)25-11-9-22-10-12-25)18-5-6-20(30-18)26-14-15-3-1-2-4-19(15)31(26,28)29/h1-8,13,22H,9-12,14H2,(H,24,27). The fourth-order valence-corrected chi connectivity index (χ4v) is 6.65. The van der Waals surface area contributed by atoms with Crippen molar-refractivity contribution in [2.24, 2.45) is 0 Å². The van der Waals surface area contributed by atoms with Gasteiger partial charge in [-0.25, -0.2) is 8.42 Å². The van der Waals surface area contributed by atoms with Crippen molar-refractivity contribution in [3.63, 3.8) is 0 Å². The molecule has 0 bridgehead atoms. The van der Waals surface area contributed by atoms with E-state index in [4.69, 9.17) is 0 Å². The van der Waals surface area contributed by atoms with Crippen molar-refractivity contribution in [1.82, 2.24) is 10.3 Å². The lowest BCUT2D eigenvalue weighted by atomic mass is 10.2. The van der Waals surface area contributed by atoms with Crippen molar-refractivity contribution in [3.05, 3.63) is 65.3 Å². The van der Waals surface area contributed by atoms with Crippen molar-refractivity contribution < 1.29 is 13.2 Å². The fourth-order valence-electron chi connectivity index (χ4n) is 3.87. The molecule has 31 heavy (non-hydrogen) atoms. The largest absolute Gasteiger partial charge is 0.367 e. The molecule has 2 N–H and O–H groups in total. The average Bonchev–Trinajstić information content (AvgIpc) is 3.38. The van der Waals surface area contributed by atoms with Crippen LogP contribution in [0.4, 0.5) is 16.4 Å². The molecule has 2 aromatic heterocycles. The molecule has 0 unspecified atom stereocenters. The van der Waals surface area contributed by atoms with Gasteiger partial charge in [0.15, 0.2) is 0 Å². The summed E-state index contributed by atoms with van der Waals surface area (Å²) in [4.78, 5) is 20.1. The molecule has 5 rings (SSSR count). The van der Waals surface area contributed by atoms with E-state index in [9.17, 15) is 13.2 Å². The number of rotatable bonds is 4. The van der Waals surface area contributed by atoms with Crippen molar-refractivity contribution in [3.8, 4) is 0 Å². The van der Waals surface area contributed by atoms with Gasteiger partial charge in [-0.05, 0) is 29.8 Å². The summed E-state index contributed by atoms with van der Waals surface area (Å²) in [7, 11) is -3.60. The molecule has 10 heteroatoms. The Labute approximate surface area is 184 Å². The molecule has 1 fully saturated rings. The van der Waals surface area contributed by atoms with Crippen LogP contribution < -0.4 is 19.8 Å². The maximum Gasteiger partial charge on any atom is 0.265 e. The number of nitrogens with one attached hydrogen (secondary N) is 2. The number of sulfonamides is 1. The lowest BCUT2D eigenvalue weighted by molar-refractivity contribution is 0.103. The number of piperazine rings is 1. The summed E-state index contributed by atoms with van der Waals surface area (Å²) in [5.74, 6) is -0.283. The first-order valence-corrected chi connectivity index (χ1v) is 12.2. The Balaban J connectivity index is 1.36. The molecular weight excluding hydrogens is 434 g/mol. The number of nitrogens with zero attached hydrogens (tertiary/aromatic N) is 3. The highest BCUT2D eigenvalue weighted by atomic mass is 32.2. The van der Waals surface area contributed by atoms with E-state index in [-0.39, 0.29) is 12.5 Å². The number of fused-ring (bicyclic) bond motifs is 1. The maximum absolute atomic E-state index is 12.9. The number of carbonyl (C=O) groups excluding carboxylic acids is 1. The molecule has 1 amide bonds. The van der Waals surface area contributed by atoms with Crippen LogP contribution in [-0.4, -0.2) is 45.5 Å². The van der Waals surface area contributed by atoms with Crippen LogP contribution in [0, 0.1) is 0 Å². The zero-order valence-electron chi connectivity index (χ0n) is 16.6. The van der Waals surface area contributed by atoms with Crippen LogP contribution in [0.2, 0.25) is 0 Å². The Morgan fingerprint density at radius 3 is 2.71 bits per heavy atom. The lowest BCUT2D eigenvalue weighted by Crippen LogP contribution is -2.43. The minimum atomic E-state index is -3.60. The maximum atomic E-state index is 12.9. The SMILES string of the molecule is O=C(Nc1cnccc1N1CCNCC1)c1ccc(N2Cc3ccccc3S2(=O)=O)s1. The van der Waals surface area contributed by atoms with Crippen LogP contribution in [-0.2, 0) is 16.6 Å². The van der Waals surface area contributed by atoms with Gasteiger partial charge < -0.3 is 15.5 Å². The third-order valence-corrected chi connectivity index (χ3v) is 8.50. The van der Waals surface area contributed by atoms with Gasteiger partial charge in [-0.15, -0.1) is 11.3 Å². The van der Waals surface area contributed by atoms with Gasteiger partial charge in [0.2, 0.25) is 0 Å². The highest BCUT2D eigenvalue weighted by Crippen LogP contribution is 2.38. The van der Waals surface area contributed by atoms with Gasteiger partial charge in [0.25, 0.3) is 15.9 Å². The van der Waals surface area contributed by atoms with Crippen LogP contribution in [0.1, 0.15) is 15.2 Å². The molecule has 0 spiro atoms. The van der Waals surface area contributed by atoms with Gasteiger partial charge in [0, 0.05) is 32.4 Å². The van der Waals surface area contributed by atoms with Gasteiger partial charge in [0.1, 0.15) is 5.00 Å². The number of hydrogen-bond donors (Lipinski definition) is 2. The molecule has 1 saturated heterocycles. The Kier molecular flexibility index (Phi) is 5.12. The summed E-state index contributed by atoms with van der Waals surface area (Å²) in [6.07, 6.45) is 3.36. The van der Waals surface area contributed by atoms with Gasteiger partial charge in [-0.3, -0.25) is 14.1 Å². The summed E-state index contributed by atoms with van der Waals surface area (Å²) in [5, 5.41) is 6.78. The molecule has 2 aliphatic heterocycles. The Bertz CT molecular complexity index is 1240. The van der Waals surface area contributed by atoms with E-state index in [0.29, 0.717) is 20.5 Å². The number of carbonyl (C=O) groups is 1. The minimum Gasteiger partial charge on any atom is -0.367 e. The van der Waals surface area contributed by atoms with Gasteiger partial charge in [-0.2, -0.15) is 0 Å². The van der Waals surface area contributed by atoms with Crippen molar-refractivity contribution in [1.29, 1.82) is 0 Å². The second-order valence-corrected chi connectivity index (χ2v) is 10.2. The molecule has 3 aromatic rings. The van der Waals surface area contributed by atoms with E-state index < -0.39 is 10.0 Å². The average molecular weight is 456 g/mol. The van der Waals surface area contributed by atoms with Crippen LogP contribution >= 0.6 is 11.3 Å². The van der Waals surface area contributed by atoms with Crippen molar-refractivity contribution in [2.45, 2.75) is 11.4 Å². The topological polar surface area (TPSA) is 94.6 Å². The molecule has 0 aliphatic carbocycles. The predicted octanol–water partition coefficient (Wildman–Crippen LogP) is 2.51. The Morgan fingerprint density at radius 1 is 1.10 bits per heavy atom. The van der Waals surface area contributed by atoms with E-state index in [1.807, 2.05) is 18.2 Å². The normalized spacial score (nSPS) is 17.4. The molecular formula is C21H21N5O3S2. The quantitative estimate of drug-likeness (QED) is 0.628. The van der Waals surface area contributed by atoms with E-state index in [2.05, 4.69) is 20.5 Å². The molecule has 2 aliphatic rings. The second kappa shape index (κ2) is 7.95. The number of aromatic nitrogens is 1. The summed E-state index contributed by atoms with van der Waals surface area (Å²) in [6, 6.07) is 12.2. The third kappa shape index (κ3) is 3.67. The van der Waals surface area contributed by atoms with E-state index in [0.717, 1.165) is 48.8 Å². The first-order chi connectivity index (χ1) is 15.0. The fraction of sp³-hybridized carbons (Fsp3) is 0.238. The smallest absolute Gasteiger partial charge is 0.265 e. The van der Waals surface area contributed by atoms with E-state index in [1.54, 1.807) is 36.7 Å². The predicted molar refractivity (Wildman–Crippen MR) is 121 cm³/mol. The molecule has 1 aromatic carbocycles. The minimum absolute atomic E-state index is 0.274.